The summed E-state index contributed by atoms with van der Waals surface area (Å²) in [5.74, 6) is 1.92. The van der Waals surface area contributed by atoms with Crippen LogP contribution in [0.25, 0.3) is 0 Å². The molecule has 2 aliphatic rings. The van der Waals surface area contributed by atoms with E-state index >= 15 is 0 Å². The van der Waals surface area contributed by atoms with Crippen molar-refractivity contribution in [3.8, 4) is 5.75 Å². The number of hydrogen-bond acceptors (Lipinski definition) is 2. The topological polar surface area (TPSA) is 21.3 Å². The molecule has 2 nitrogen and oxygen atoms in total. The van der Waals surface area contributed by atoms with Crippen molar-refractivity contribution in [1.29, 1.82) is 0 Å². The number of ether oxygens (including phenoxy) is 1. The van der Waals surface area contributed by atoms with Crippen molar-refractivity contribution in [3.63, 3.8) is 0 Å². The van der Waals surface area contributed by atoms with Crippen molar-refractivity contribution in [3.05, 3.63) is 27.7 Å². The molecule has 110 valence electrons. The second-order valence-electron chi connectivity index (χ2n) is 6.25. The van der Waals surface area contributed by atoms with Crippen LogP contribution in [0.15, 0.2) is 16.6 Å². The Labute approximate surface area is 130 Å². The Morgan fingerprint density at radius 2 is 2.10 bits per heavy atom. The SMILES string of the molecule is CC1CCCCCC1NCc1cc(Br)cc2c1OCC2. The largest absolute Gasteiger partial charge is 0.493 e. The number of rotatable bonds is 3. The van der Waals surface area contributed by atoms with Crippen molar-refractivity contribution in [2.75, 3.05) is 6.61 Å². The molecule has 1 aliphatic heterocycles. The number of fused-ring (bicyclic) bond motifs is 1. The summed E-state index contributed by atoms with van der Waals surface area (Å²) in [4.78, 5) is 0. The lowest BCUT2D eigenvalue weighted by Gasteiger charge is -2.23. The van der Waals surface area contributed by atoms with Gasteiger partial charge in [0.05, 0.1) is 6.61 Å². The molecule has 1 aliphatic carbocycles. The van der Waals surface area contributed by atoms with E-state index < -0.39 is 0 Å². The predicted octanol–water partition coefficient (Wildman–Crippen LogP) is 4.44. The molecule has 0 radical (unpaired) electrons. The van der Waals surface area contributed by atoms with Gasteiger partial charge in [-0.25, -0.2) is 0 Å². The molecule has 2 atom stereocenters. The third-order valence-corrected chi connectivity index (χ3v) is 5.20. The maximum Gasteiger partial charge on any atom is 0.127 e. The maximum atomic E-state index is 5.82. The first-order valence-electron chi connectivity index (χ1n) is 7.91. The molecule has 3 heteroatoms. The van der Waals surface area contributed by atoms with Gasteiger partial charge in [0.1, 0.15) is 5.75 Å². The van der Waals surface area contributed by atoms with Gasteiger partial charge in [-0.3, -0.25) is 0 Å². The van der Waals surface area contributed by atoms with Crippen LogP contribution >= 0.6 is 15.9 Å². The van der Waals surface area contributed by atoms with Crippen LogP contribution in [0.1, 0.15) is 50.2 Å². The van der Waals surface area contributed by atoms with Gasteiger partial charge in [0.2, 0.25) is 0 Å². The Morgan fingerprint density at radius 3 is 3.00 bits per heavy atom. The van der Waals surface area contributed by atoms with Gasteiger partial charge in [0, 0.05) is 29.0 Å². The van der Waals surface area contributed by atoms with Gasteiger partial charge in [-0.15, -0.1) is 0 Å². The summed E-state index contributed by atoms with van der Waals surface area (Å²) in [6.45, 7) is 4.15. The van der Waals surface area contributed by atoms with Gasteiger partial charge in [0.25, 0.3) is 0 Å². The summed E-state index contributed by atoms with van der Waals surface area (Å²) in [7, 11) is 0. The van der Waals surface area contributed by atoms with E-state index in [0.717, 1.165) is 31.2 Å². The van der Waals surface area contributed by atoms with Crippen LogP contribution < -0.4 is 10.1 Å². The second-order valence-corrected chi connectivity index (χ2v) is 7.17. The van der Waals surface area contributed by atoms with Crippen LogP contribution in [-0.4, -0.2) is 12.6 Å². The van der Waals surface area contributed by atoms with Crippen LogP contribution in [0.3, 0.4) is 0 Å². The first-order chi connectivity index (χ1) is 9.74. The van der Waals surface area contributed by atoms with E-state index in [1.807, 2.05) is 0 Å². The molecule has 0 amide bonds. The lowest BCUT2D eigenvalue weighted by atomic mass is 9.96. The monoisotopic (exact) mass is 337 g/mol. The van der Waals surface area contributed by atoms with E-state index in [2.05, 4.69) is 40.3 Å². The third-order valence-electron chi connectivity index (χ3n) is 4.74. The van der Waals surface area contributed by atoms with Crippen LogP contribution in [0.4, 0.5) is 0 Å². The Hall–Kier alpha value is -0.540. The zero-order valence-electron chi connectivity index (χ0n) is 12.3. The highest BCUT2D eigenvalue weighted by Gasteiger charge is 2.21. The smallest absolute Gasteiger partial charge is 0.127 e. The summed E-state index contributed by atoms with van der Waals surface area (Å²) in [6, 6.07) is 5.06. The highest BCUT2D eigenvalue weighted by molar-refractivity contribution is 9.10. The highest BCUT2D eigenvalue weighted by Crippen LogP contribution is 2.33. The minimum absolute atomic E-state index is 0.661. The lowest BCUT2D eigenvalue weighted by molar-refractivity contribution is 0.339. The van der Waals surface area contributed by atoms with Crippen LogP contribution in [0.2, 0.25) is 0 Å². The summed E-state index contributed by atoms with van der Waals surface area (Å²) < 4.78 is 6.99. The molecule has 1 fully saturated rings. The maximum absolute atomic E-state index is 5.82. The number of benzene rings is 1. The fraction of sp³-hybridized carbons (Fsp3) is 0.647. The molecule has 0 bridgehead atoms. The van der Waals surface area contributed by atoms with Gasteiger partial charge >= 0.3 is 0 Å². The molecule has 0 spiro atoms. The zero-order valence-corrected chi connectivity index (χ0v) is 13.8. The van der Waals surface area contributed by atoms with Crippen molar-refractivity contribution >= 4 is 15.9 Å². The molecule has 20 heavy (non-hydrogen) atoms. The van der Waals surface area contributed by atoms with Gasteiger partial charge in [-0.2, -0.15) is 0 Å². The molecule has 1 heterocycles. The number of hydrogen-bond donors (Lipinski definition) is 1. The second kappa shape index (κ2) is 6.48. The zero-order chi connectivity index (χ0) is 13.9. The molecular formula is C17H24BrNO. The Kier molecular flexibility index (Phi) is 4.67. The van der Waals surface area contributed by atoms with E-state index in [1.54, 1.807) is 0 Å². The van der Waals surface area contributed by atoms with Gasteiger partial charge < -0.3 is 10.1 Å². The molecule has 1 saturated carbocycles. The molecule has 3 rings (SSSR count). The van der Waals surface area contributed by atoms with Crippen molar-refractivity contribution in [2.45, 2.75) is 58.0 Å². The van der Waals surface area contributed by atoms with E-state index in [4.69, 9.17) is 4.74 Å². The fourth-order valence-corrected chi connectivity index (χ4v) is 4.07. The first-order valence-corrected chi connectivity index (χ1v) is 8.71. The average molecular weight is 338 g/mol. The highest BCUT2D eigenvalue weighted by atomic mass is 79.9. The van der Waals surface area contributed by atoms with E-state index in [-0.39, 0.29) is 0 Å². The number of halogens is 1. The van der Waals surface area contributed by atoms with Gasteiger partial charge in [0.15, 0.2) is 0 Å². The number of nitrogens with one attached hydrogen (secondary N) is 1. The van der Waals surface area contributed by atoms with Crippen molar-refractivity contribution in [1.82, 2.24) is 5.32 Å². The third kappa shape index (κ3) is 3.20. The molecular weight excluding hydrogens is 314 g/mol. The van der Waals surface area contributed by atoms with Gasteiger partial charge in [-0.05, 0) is 36.5 Å². The van der Waals surface area contributed by atoms with Crippen molar-refractivity contribution < 1.29 is 4.74 Å². The minimum Gasteiger partial charge on any atom is -0.493 e. The summed E-state index contributed by atoms with van der Waals surface area (Å²) in [5.41, 5.74) is 2.66. The molecule has 0 aromatic heterocycles. The standard InChI is InChI=1S/C17H24BrNO/c1-12-5-3-2-4-6-16(12)19-11-14-10-15(18)9-13-7-8-20-17(13)14/h9-10,12,16,19H,2-8,11H2,1H3. The normalized spacial score (nSPS) is 25.9. The van der Waals surface area contributed by atoms with Crippen LogP contribution in [0.5, 0.6) is 5.75 Å². The molecule has 0 saturated heterocycles. The molecule has 2 unspecified atom stereocenters. The average Bonchev–Trinajstić information content (AvgIpc) is 2.79. The summed E-state index contributed by atoms with van der Waals surface area (Å²) in [5, 5.41) is 3.78. The minimum atomic E-state index is 0.661. The van der Waals surface area contributed by atoms with Crippen molar-refractivity contribution in [2.24, 2.45) is 5.92 Å². The predicted molar refractivity (Wildman–Crippen MR) is 86.2 cm³/mol. The quantitative estimate of drug-likeness (QED) is 0.823. The van der Waals surface area contributed by atoms with Gasteiger partial charge in [-0.1, -0.05) is 42.1 Å². The summed E-state index contributed by atoms with van der Waals surface area (Å²) >= 11 is 3.62. The summed E-state index contributed by atoms with van der Waals surface area (Å²) in [6.07, 6.45) is 7.90. The fourth-order valence-electron chi connectivity index (χ4n) is 3.51. The Morgan fingerprint density at radius 1 is 1.25 bits per heavy atom. The first kappa shape index (κ1) is 14.4. The van der Waals surface area contributed by atoms with E-state index in [0.29, 0.717) is 6.04 Å². The van der Waals surface area contributed by atoms with E-state index in [1.165, 1.54) is 47.7 Å². The molecule has 1 N–H and O–H groups in total. The Balaban J connectivity index is 1.69. The Bertz CT molecular complexity index is 474. The van der Waals surface area contributed by atoms with Crippen LogP contribution in [0, 0.1) is 5.92 Å². The van der Waals surface area contributed by atoms with E-state index in [9.17, 15) is 0 Å². The van der Waals surface area contributed by atoms with Crippen LogP contribution in [-0.2, 0) is 13.0 Å². The molecule has 1 aromatic carbocycles. The lowest BCUT2D eigenvalue weighted by Crippen LogP contribution is -2.33. The molecule has 1 aromatic rings.